The second-order valence-corrected chi connectivity index (χ2v) is 5.31. The molecular formula is C15H20N2O. The van der Waals surface area contributed by atoms with Gasteiger partial charge in [-0.1, -0.05) is 19.9 Å². The molecule has 0 atom stereocenters. The Balaban J connectivity index is 2.08. The maximum atomic E-state index is 9.14. The largest absolute Gasteiger partial charge is 0.495 e. The molecule has 1 aliphatic carbocycles. The molecule has 1 saturated carbocycles. The quantitative estimate of drug-likeness (QED) is 0.882. The summed E-state index contributed by atoms with van der Waals surface area (Å²) in [5.74, 6) is 2.31. The van der Waals surface area contributed by atoms with Gasteiger partial charge in [0.05, 0.1) is 18.4 Å². The van der Waals surface area contributed by atoms with Crippen LogP contribution in [0.5, 0.6) is 5.75 Å². The van der Waals surface area contributed by atoms with Gasteiger partial charge in [0, 0.05) is 6.04 Å². The summed E-state index contributed by atoms with van der Waals surface area (Å²) in [5.41, 5.74) is 1.50. The van der Waals surface area contributed by atoms with Gasteiger partial charge in [0.15, 0.2) is 0 Å². The third kappa shape index (κ3) is 2.43. The minimum Gasteiger partial charge on any atom is -0.495 e. The van der Waals surface area contributed by atoms with Gasteiger partial charge in [-0.25, -0.2) is 0 Å². The molecule has 1 aromatic carbocycles. The maximum absolute atomic E-state index is 9.14. The lowest BCUT2D eigenvalue weighted by molar-refractivity contribution is 0.211. The molecule has 0 aromatic heterocycles. The molecule has 0 bridgehead atoms. The fourth-order valence-electron chi connectivity index (χ4n) is 2.47. The minimum atomic E-state index is 0.473. The van der Waals surface area contributed by atoms with Gasteiger partial charge in [-0.05, 0) is 36.8 Å². The smallest absolute Gasteiger partial charge is 0.143 e. The van der Waals surface area contributed by atoms with Crippen LogP contribution in [0.3, 0.4) is 0 Å². The summed E-state index contributed by atoms with van der Waals surface area (Å²) in [6, 6.07) is 8.25. The van der Waals surface area contributed by atoms with Gasteiger partial charge in [-0.2, -0.15) is 5.26 Å². The molecule has 0 saturated heterocycles. The highest BCUT2D eigenvalue weighted by Crippen LogP contribution is 2.38. The van der Waals surface area contributed by atoms with Crippen molar-refractivity contribution >= 4 is 5.69 Å². The second-order valence-electron chi connectivity index (χ2n) is 5.31. The number of benzene rings is 1. The lowest BCUT2D eigenvalue weighted by atomic mass is 9.73. The highest BCUT2D eigenvalue weighted by atomic mass is 16.5. The molecule has 0 aliphatic heterocycles. The predicted octanol–water partition coefficient (Wildman–Crippen LogP) is 3.41. The monoisotopic (exact) mass is 244 g/mol. The van der Waals surface area contributed by atoms with Crippen molar-refractivity contribution < 1.29 is 4.74 Å². The standard InChI is InChI=1S/C15H20N2O/c1-10(2)12-7-13(8-12)17-15-11(9-16)5-4-6-14(15)18-3/h4-6,10,12-13,17H,7-8H2,1-3H3. The Morgan fingerprint density at radius 1 is 1.39 bits per heavy atom. The number of ether oxygens (including phenoxy) is 1. The fraction of sp³-hybridized carbons (Fsp3) is 0.533. The van der Waals surface area contributed by atoms with Crippen molar-refractivity contribution in [3.05, 3.63) is 23.8 Å². The number of hydrogen-bond donors (Lipinski definition) is 1. The zero-order valence-corrected chi connectivity index (χ0v) is 11.2. The molecule has 1 aromatic rings. The average molecular weight is 244 g/mol. The van der Waals surface area contributed by atoms with Crippen LogP contribution in [-0.4, -0.2) is 13.2 Å². The lowest BCUT2D eigenvalue weighted by Gasteiger charge is -2.39. The van der Waals surface area contributed by atoms with Crippen molar-refractivity contribution in [1.82, 2.24) is 0 Å². The van der Waals surface area contributed by atoms with Crippen molar-refractivity contribution in [2.45, 2.75) is 32.7 Å². The highest BCUT2D eigenvalue weighted by Gasteiger charge is 2.31. The van der Waals surface area contributed by atoms with Gasteiger partial charge in [-0.3, -0.25) is 0 Å². The third-order valence-electron chi connectivity index (χ3n) is 3.83. The molecule has 0 amide bonds. The van der Waals surface area contributed by atoms with Crippen LogP contribution in [0.4, 0.5) is 5.69 Å². The van der Waals surface area contributed by atoms with E-state index < -0.39 is 0 Å². The minimum absolute atomic E-state index is 0.473. The van der Waals surface area contributed by atoms with E-state index in [4.69, 9.17) is 10.00 Å². The maximum Gasteiger partial charge on any atom is 0.143 e. The number of methoxy groups -OCH3 is 1. The molecule has 0 spiro atoms. The fourth-order valence-corrected chi connectivity index (χ4v) is 2.47. The van der Waals surface area contributed by atoms with Gasteiger partial charge in [-0.15, -0.1) is 0 Å². The van der Waals surface area contributed by atoms with Crippen LogP contribution in [0, 0.1) is 23.2 Å². The normalized spacial score (nSPS) is 22.2. The Morgan fingerprint density at radius 2 is 2.11 bits per heavy atom. The summed E-state index contributed by atoms with van der Waals surface area (Å²) in [5, 5.41) is 12.6. The molecule has 1 aliphatic rings. The number of nitrogens with one attached hydrogen (secondary N) is 1. The SMILES string of the molecule is COc1cccc(C#N)c1NC1CC(C(C)C)C1. The number of para-hydroxylation sites is 1. The summed E-state index contributed by atoms with van der Waals surface area (Å²) >= 11 is 0. The molecule has 0 heterocycles. The second kappa shape index (κ2) is 5.30. The molecule has 0 unspecified atom stereocenters. The summed E-state index contributed by atoms with van der Waals surface area (Å²) < 4.78 is 5.32. The molecule has 0 radical (unpaired) electrons. The molecule has 3 heteroatoms. The summed E-state index contributed by atoms with van der Waals surface area (Å²) in [4.78, 5) is 0. The van der Waals surface area contributed by atoms with Crippen LogP contribution in [0.15, 0.2) is 18.2 Å². The Hall–Kier alpha value is -1.69. The first-order valence-corrected chi connectivity index (χ1v) is 6.49. The summed E-state index contributed by atoms with van der Waals surface area (Å²) in [7, 11) is 1.64. The molecular weight excluding hydrogens is 224 g/mol. The van der Waals surface area contributed by atoms with E-state index in [1.165, 1.54) is 12.8 Å². The zero-order chi connectivity index (χ0) is 13.1. The lowest BCUT2D eigenvalue weighted by Crippen LogP contribution is -2.38. The summed E-state index contributed by atoms with van der Waals surface area (Å²) in [6.07, 6.45) is 2.36. The number of nitriles is 1. The van der Waals surface area contributed by atoms with E-state index in [9.17, 15) is 0 Å². The first-order chi connectivity index (χ1) is 8.65. The van der Waals surface area contributed by atoms with Crippen molar-refractivity contribution in [1.29, 1.82) is 5.26 Å². The van der Waals surface area contributed by atoms with E-state index in [1.807, 2.05) is 18.2 Å². The summed E-state index contributed by atoms with van der Waals surface area (Å²) in [6.45, 7) is 4.54. The molecule has 18 heavy (non-hydrogen) atoms. The topological polar surface area (TPSA) is 45.0 Å². The third-order valence-corrected chi connectivity index (χ3v) is 3.83. The molecule has 2 rings (SSSR count). The van der Waals surface area contributed by atoms with Crippen LogP contribution >= 0.6 is 0 Å². The Bertz CT molecular complexity index is 456. The average Bonchev–Trinajstić information content (AvgIpc) is 2.32. The first-order valence-electron chi connectivity index (χ1n) is 6.49. The Labute approximate surface area is 109 Å². The van der Waals surface area contributed by atoms with Crippen molar-refractivity contribution in [2.24, 2.45) is 11.8 Å². The van der Waals surface area contributed by atoms with Crippen molar-refractivity contribution in [3.63, 3.8) is 0 Å². The van der Waals surface area contributed by atoms with Gasteiger partial charge in [0.2, 0.25) is 0 Å². The van der Waals surface area contributed by atoms with E-state index in [1.54, 1.807) is 7.11 Å². The molecule has 96 valence electrons. The number of rotatable bonds is 4. The first kappa shape index (κ1) is 12.8. The number of hydrogen-bond acceptors (Lipinski definition) is 3. The van der Waals surface area contributed by atoms with E-state index >= 15 is 0 Å². The molecule has 1 N–H and O–H groups in total. The Morgan fingerprint density at radius 3 is 2.67 bits per heavy atom. The van der Waals surface area contributed by atoms with E-state index in [-0.39, 0.29) is 0 Å². The van der Waals surface area contributed by atoms with E-state index in [0.29, 0.717) is 11.6 Å². The van der Waals surface area contributed by atoms with Crippen molar-refractivity contribution in [2.75, 3.05) is 12.4 Å². The number of anilines is 1. The number of nitrogens with zero attached hydrogens (tertiary/aromatic N) is 1. The zero-order valence-electron chi connectivity index (χ0n) is 11.2. The van der Waals surface area contributed by atoms with Gasteiger partial charge in [0.25, 0.3) is 0 Å². The van der Waals surface area contributed by atoms with E-state index in [0.717, 1.165) is 23.3 Å². The van der Waals surface area contributed by atoms with Crippen LogP contribution in [0.2, 0.25) is 0 Å². The van der Waals surface area contributed by atoms with Crippen LogP contribution in [0.1, 0.15) is 32.3 Å². The molecule has 3 nitrogen and oxygen atoms in total. The molecule has 1 fully saturated rings. The van der Waals surface area contributed by atoms with Gasteiger partial charge >= 0.3 is 0 Å². The van der Waals surface area contributed by atoms with Crippen molar-refractivity contribution in [3.8, 4) is 11.8 Å². The van der Waals surface area contributed by atoms with Gasteiger partial charge < -0.3 is 10.1 Å². The van der Waals surface area contributed by atoms with Crippen LogP contribution in [-0.2, 0) is 0 Å². The predicted molar refractivity (Wildman–Crippen MR) is 72.7 cm³/mol. The van der Waals surface area contributed by atoms with Gasteiger partial charge in [0.1, 0.15) is 11.8 Å². The van der Waals surface area contributed by atoms with Crippen LogP contribution in [0.25, 0.3) is 0 Å². The highest BCUT2D eigenvalue weighted by molar-refractivity contribution is 5.66. The van der Waals surface area contributed by atoms with E-state index in [2.05, 4.69) is 25.2 Å². The Kier molecular flexibility index (Phi) is 3.76. The van der Waals surface area contributed by atoms with Crippen LogP contribution < -0.4 is 10.1 Å².